The van der Waals surface area contributed by atoms with Crippen molar-refractivity contribution in [3.05, 3.63) is 46.4 Å². The van der Waals surface area contributed by atoms with Crippen molar-refractivity contribution in [3.63, 3.8) is 0 Å². The summed E-state index contributed by atoms with van der Waals surface area (Å²) in [5.74, 6) is -0.685. The predicted molar refractivity (Wildman–Crippen MR) is 121 cm³/mol. The molecule has 0 unspecified atom stereocenters. The van der Waals surface area contributed by atoms with E-state index in [9.17, 15) is 24.0 Å². The standard InChI is InChI=1S/C24H34N2O6/c1-17(2)9-7-11-20(28)16-26-14-8-10-19(24(26)31)15-22(29)21(25-18(3)27)12-5-6-13-23(30)32-4/h6,8,10,13-14,17,21H,5,7,9,11-12,15-16H2,1-4H3,(H,25,27)/b13-6+/t21-/m0/s1. The molecule has 1 atom stereocenters. The number of rotatable bonds is 14. The fourth-order valence-corrected chi connectivity index (χ4v) is 3.20. The second-order valence-corrected chi connectivity index (χ2v) is 8.19. The van der Waals surface area contributed by atoms with Gasteiger partial charge in [0.2, 0.25) is 5.91 Å². The number of carbonyl (C=O) groups excluding carboxylic acids is 4. The van der Waals surface area contributed by atoms with Gasteiger partial charge in [-0.3, -0.25) is 19.2 Å². The number of Topliss-reactive ketones (excluding diaryl/α,β-unsaturated/α-hetero) is 2. The van der Waals surface area contributed by atoms with E-state index in [2.05, 4.69) is 23.9 Å². The minimum atomic E-state index is -0.791. The average Bonchev–Trinajstić information content (AvgIpc) is 2.72. The minimum Gasteiger partial charge on any atom is -0.466 e. The number of allylic oxidation sites excluding steroid dienone is 1. The molecule has 0 aliphatic rings. The summed E-state index contributed by atoms with van der Waals surface area (Å²) in [6.07, 6.45) is 7.00. The molecule has 0 saturated heterocycles. The molecule has 0 aliphatic heterocycles. The molecule has 0 aromatic carbocycles. The summed E-state index contributed by atoms with van der Waals surface area (Å²) in [6, 6.07) is 2.40. The maximum absolute atomic E-state index is 12.8. The molecule has 1 N–H and O–H groups in total. The van der Waals surface area contributed by atoms with Crippen LogP contribution in [0.25, 0.3) is 0 Å². The summed E-state index contributed by atoms with van der Waals surface area (Å²) < 4.78 is 5.83. The van der Waals surface area contributed by atoms with Crippen LogP contribution in [0.5, 0.6) is 0 Å². The van der Waals surface area contributed by atoms with Crippen LogP contribution in [0.2, 0.25) is 0 Å². The molecule has 1 heterocycles. The molecule has 8 nitrogen and oxygen atoms in total. The van der Waals surface area contributed by atoms with Gasteiger partial charge < -0.3 is 14.6 Å². The van der Waals surface area contributed by atoms with Crippen molar-refractivity contribution in [2.45, 2.75) is 71.9 Å². The monoisotopic (exact) mass is 446 g/mol. The summed E-state index contributed by atoms with van der Waals surface area (Å²) >= 11 is 0. The van der Waals surface area contributed by atoms with Gasteiger partial charge in [0.1, 0.15) is 0 Å². The number of amides is 1. The molecule has 8 heteroatoms. The minimum absolute atomic E-state index is 0.0214. The van der Waals surface area contributed by atoms with Crippen molar-refractivity contribution in [1.29, 1.82) is 0 Å². The Morgan fingerprint density at radius 3 is 2.53 bits per heavy atom. The molecule has 1 aromatic heterocycles. The van der Waals surface area contributed by atoms with E-state index >= 15 is 0 Å². The van der Waals surface area contributed by atoms with E-state index < -0.39 is 12.0 Å². The molecule has 1 aromatic rings. The number of carbonyl (C=O) groups is 4. The summed E-state index contributed by atoms with van der Waals surface area (Å²) in [5, 5.41) is 2.60. The maximum Gasteiger partial charge on any atom is 0.330 e. The number of ether oxygens (including phenoxy) is 1. The first kappa shape index (κ1) is 27.0. The van der Waals surface area contributed by atoms with Gasteiger partial charge >= 0.3 is 5.97 Å². The molecule has 0 saturated carbocycles. The number of aromatic nitrogens is 1. The molecule has 1 rings (SSSR count). The molecule has 32 heavy (non-hydrogen) atoms. The SMILES string of the molecule is COC(=O)/C=C/CC[C@H](NC(C)=O)C(=O)Cc1cccn(CC(=O)CCCC(C)C)c1=O. The predicted octanol–water partition coefficient (Wildman–Crippen LogP) is 2.37. The number of ketones is 2. The van der Waals surface area contributed by atoms with Crippen LogP contribution < -0.4 is 10.9 Å². The van der Waals surface area contributed by atoms with E-state index in [1.807, 2.05) is 0 Å². The number of esters is 1. The molecule has 1 amide bonds. The smallest absolute Gasteiger partial charge is 0.330 e. The summed E-state index contributed by atoms with van der Waals surface area (Å²) in [6.45, 7) is 5.48. The van der Waals surface area contributed by atoms with Crippen molar-refractivity contribution in [2.75, 3.05) is 7.11 Å². The van der Waals surface area contributed by atoms with E-state index in [1.54, 1.807) is 24.4 Å². The van der Waals surface area contributed by atoms with Crippen molar-refractivity contribution in [1.82, 2.24) is 9.88 Å². The van der Waals surface area contributed by atoms with Crippen molar-refractivity contribution in [2.24, 2.45) is 5.92 Å². The number of hydrogen-bond acceptors (Lipinski definition) is 6. The molecule has 0 radical (unpaired) electrons. The maximum atomic E-state index is 12.8. The fourth-order valence-electron chi connectivity index (χ4n) is 3.20. The Morgan fingerprint density at radius 1 is 1.19 bits per heavy atom. The third-order valence-corrected chi connectivity index (χ3v) is 4.89. The van der Waals surface area contributed by atoms with Gasteiger partial charge in [-0.2, -0.15) is 0 Å². The Morgan fingerprint density at radius 2 is 1.91 bits per heavy atom. The van der Waals surface area contributed by atoms with E-state index in [0.29, 0.717) is 18.8 Å². The third kappa shape index (κ3) is 10.3. The van der Waals surface area contributed by atoms with Gasteiger partial charge in [0.05, 0.1) is 19.7 Å². The lowest BCUT2D eigenvalue weighted by atomic mass is 10.0. The Hall–Kier alpha value is -3.03. The molecule has 0 spiro atoms. The van der Waals surface area contributed by atoms with E-state index in [4.69, 9.17) is 0 Å². The summed E-state index contributed by atoms with van der Waals surface area (Å²) in [4.78, 5) is 60.4. The lowest BCUT2D eigenvalue weighted by Crippen LogP contribution is -2.41. The Bertz CT molecular complexity index is 885. The van der Waals surface area contributed by atoms with Crippen LogP contribution in [0.4, 0.5) is 0 Å². The van der Waals surface area contributed by atoms with Crippen molar-refractivity contribution in [3.8, 4) is 0 Å². The zero-order valence-corrected chi connectivity index (χ0v) is 19.4. The Labute approximate surface area is 189 Å². The fraction of sp³-hybridized carbons (Fsp3) is 0.542. The van der Waals surface area contributed by atoms with E-state index in [-0.39, 0.29) is 48.0 Å². The number of hydrogen-bond donors (Lipinski definition) is 1. The lowest BCUT2D eigenvalue weighted by molar-refractivity contribution is -0.134. The van der Waals surface area contributed by atoms with Gasteiger partial charge in [0.15, 0.2) is 11.6 Å². The van der Waals surface area contributed by atoms with E-state index in [0.717, 1.165) is 12.8 Å². The third-order valence-electron chi connectivity index (χ3n) is 4.89. The van der Waals surface area contributed by atoms with Crippen LogP contribution in [-0.4, -0.2) is 41.2 Å². The zero-order chi connectivity index (χ0) is 24.1. The van der Waals surface area contributed by atoms with Gasteiger partial charge in [-0.05, 0) is 31.2 Å². The van der Waals surface area contributed by atoms with Crippen LogP contribution in [0.1, 0.15) is 58.4 Å². The first-order chi connectivity index (χ1) is 15.1. The first-order valence-electron chi connectivity index (χ1n) is 10.9. The van der Waals surface area contributed by atoms with Crippen LogP contribution in [-0.2, 0) is 36.9 Å². The molecule has 0 aliphatic carbocycles. The van der Waals surface area contributed by atoms with Gasteiger partial charge in [-0.1, -0.05) is 32.4 Å². The summed E-state index contributed by atoms with van der Waals surface area (Å²) in [7, 11) is 1.27. The van der Waals surface area contributed by atoms with Crippen molar-refractivity contribution >= 4 is 23.4 Å². The zero-order valence-electron chi connectivity index (χ0n) is 19.4. The number of methoxy groups -OCH3 is 1. The van der Waals surface area contributed by atoms with E-state index in [1.165, 1.54) is 24.7 Å². The normalized spacial score (nSPS) is 12.0. The topological polar surface area (TPSA) is 112 Å². The number of pyridine rings is 1. The van der Waals surface area contributed by atoms with Gasteiger partial charge in [0.25, 0.3) is 5.56 Å². The molecule has 176 valence electrons. The quantitative estimate of drug-likeness (QED) is 0.347. The van der Waals surface area contributed by atoms with Gasteiger partial charge in [0, 0.05) is 37.6 Å². The largest absolute Gasteiger partial charge is 0.466 e. The van der Waals surface area contributed by atoms with Gasteiger partial charge in [-0.25, -0.2) is 4.79 Å². The Kier molecular flexibility index (Phi) is 11.9. The van der Waals surface area contributed by atoms with Crippen LogP contribution in [0.3, 0.4) is 0 Å². The van der Waals surface area contributed by atoms with Crippen LogP contribution in [0, 0.1) is 5.92 Å². The highest BCUT2D eigenvalue weighted by Crippen LogP contribution is 2.08. The average molecular weight is 447 g/mol. The second kappa shape index (κ2) is 14.1. The molecular weight excluding hydrogens is 412 g/mol. The highest BCUT2D eigenvalue weighted by atomic mass is 16.5. The lowest BCUT2D eigenvalue weighted by Gasteiger charge is -2.16. The molecular formula is C24H34N2O6. The van der Waals surface area contributed by atoms with Crippen LogP contribution >= 0.6 is 0 Å². The number of nitrogens with one attached hydrogen (secondary N) is 1. The number of nitrogens with zero attached hydrogens (tertiary/aromatic N) is 1. The highest BCUT2D eigenvalue weighted by molar-refractivity contribution is 5.89. The Balaban J connectivity index is 2.81. The van der Waals surface area contributed by atoms with Gasteiger partial charge in [-0.15, -0.1) is 0 Å². The highest BCUT2D eigenvalue weighted by Gasteiger charge is 2.20. The first-order valence-corrected chi connectivity index (χ1v) is 10.9. The summed E-state index contributed by atoms with van der Waals surface area (Å²) in [5.41, 5.74) is -0.113. The molecule has 0 bridgehead atoms. The molecule has 0 fully saturated rings. The van der Waals surface area contributed by atoms with Crippen LogP contribution in [0.15, 0.2) is 35.3 Å². The second-order valence-electron chi connectivity index (χ2n) is 8.19. The van der Waals surface area contributed by atoms with Crippen molar-refractivity contribution < 1.29 is 23.9 Å².